The molecule has 0 heterocycles. The first-order chi connectivity index (χ1) is 8.99. The summed E-state index contributed by atoms with van der Waals surface area (Å²) in [6.07, 6.45) is 3.34. The maximum absolute atomic E-state index is 11.6. The molecule has 0 atom stereocenters. The summed E-state index contributed by atoms with van der Waals surface area (Å²) in [4.78, 5) is 22.1. The number of hydrogen-bond donors (Lipinski definition) is 0. The highest BCUT2D eigenvalue weighted by Gasteiger charge is 2.25. The van der Waals surface area contributed by atoms with Crippen LogP contribution in [0.3, 0.4) is 0 Å². The Bertz CT molecular complexity index is 490. The summed E-state index contributed by atoms with van der Waals surface area (Å²) >= 11 is 3.18. The number of carbonyl (C=O) groups excluding carboxylic acids is 1. The molecule has 1 saturated carbocycles. The highest BCUT2D eigenvalue weighted by Crippen LogP contribution is 2.36. The van der Waals surface area contributed by atoms with Crippen LogP contribution >= 0.6 is 15.9 Å². The summed E-state index contributed by atoms with van der Waals surface area (Å²) in [5.41, 5.74) is 0.0827. The second-order valence-corrected chi connectivity index (χ2v) is 5.64. The van der Waals surface area contributed by atoms with Crippen molar-refractivity contribution in [2.75, 3.05) is 6.61 Å². The Morgan fingerprint density at radius 2 is 2.21 bits per heavy atom. The molecule has 0 bridgehead atoms. The van der Waals surface area contributed by atoms with Crippen molar-refractivity contribution in [3.05, 3.63) is 32.3 Å². The highest BCUT2D eigenvalue weighted by atomic mass is 79.9. The fourth-order valence-electron chi connectivity index (χ4n) is 1.99. The van der Waals surface area contributed by atoms with Gasteiger partial charge in [-0.3, -0.25) is 14.9 Å². The maximum atomic E-state index is 11.6. The van der Waals surface area contributed by atoms with Crippen LogP contribution in [0.5, 0.6) is 5.75 Å². The van der Waals surface area contributed by atoms with Gasteiger partial charge >= 0.3 is 5.69 Å². The molecule has 0 radical (unpaired) electrons. The second kappa shape index (κ2) is 5.69. The third-order valence-corrected chi connectivity index (χ3v) is 3.76. The van der Waals surface area contributed by atoms with E-state index in [1.54, 1.807) is 6.07 Å². The molecule has 0 N–H and O–H groups in total. The number of halogens is 1. The summed E-state index contributed by atoms with van der Waals surface area (Å²) in [5.74, 6) is 0.295. The quantitative estimate of drug-likeness (QED) is 0.469. The third kappa shape index (κ3) is 3.12. The van der Waals surface area contributed by atoms with Crippen LogP contribution in [0.4, 0.5) is 5.69 Å². The summed E-state index contributed by atoms with van der Waals surface area (Å²) in [6.45, 7) is 1.81. The van der Waals surface area contributed by atoms with Crippen molar-refractivity contribution >= 4 is 27.4 Å². The minimum absolute atomic E-state index is 0.0904. The largest absolute Gasteiger partial charge is 0.486 e. The summed E-state index contributed by atoms with van der Waals surface area (Å²) < 4.78 is 6.07. The van der Waals surface area contributed by atoms with Gasteiger partial charge in [-0.25, -0.2) is 0 Å². The number of Topliss-reactive ketones (excluding diaryl/α,β-unsaturated/α-hetero) is 1. The third-order valence-electron chi connectivity index (χ3n) is 3.30. The van der Waals surface area contributed by atoms with E-state index >= 15 is 0 Å². The van der Waals surface area contributed by atoms with Crippen LogP contribution in [0.2, 0.25) is 0 Å². The van der Waals surface area contributed by atoms with E-state index in [-0.39, 0.29) is 22.8 Å². The normalized spacial score (nSPS) is 14.8. The first kappa shape index (κ1) is 14.0. The van der Waals surface area contributed by atoms with E-state index in [0.717, 1.165) is 12.8 Å². The van der Waals surface area contributed by atoms with Crippen molar-refractivity contribution in [2.24, 2.45) is 5.92 Å². The molecule has 0 unspecified atom stereocenters. The molecular weight excluding hydrogens is 314 g/mol. The van der Waals surface area contributed by atoms with Gasteiger partial charge in [0.15, 0.2) is 5.78 Å². The smallest absolute Gasteiger partial charge is 0.312 e. The predicted octanol–water partition coefficient (Wildman–Crippen LogP) is 3.74. The zero-order valence-corrected chi connectivity index (χ0v) is 12.1. The van der Waals surface area contributed by atoms with Gasteiger partial charge in [-0.2, -0.15) is 0 Å². The molecule has 1 fully saturated rings. The van der Waals surface area contributed by atoms with Gasteiger partial charge in [0.2, 0.25) is 5.75 Å². The zero-order chi connectivity index (χ0) is 14.0. The number of benzene rings is 1. The Morgan fingerprint density at radius 1 is 1.53 bits per heavy atom. The highest BCUT2D eigenvalue weighted by molar-refractivity contribution is 9.10. The van der Waals surface area contributed by atoms with Crippen molar-refractivity contribution in [2.45, 2.75) is 26.2 Å². The van der Waals surface area contributed by atoms with Gasteiger partial charge < -0.3 is 4.74 Å². The van der Waals surface area contributed by atoms with Crippen molar-refractivity contribution in [1.82, 2.24) is 0 Å². The lowest BCUT2D eigenvalue weighted by atomic mass is 9.86. The molecule has 102 valence electrons. The first-order valence-corrected chi connectivity index (χ1v) is 6.90. The van der Waals surface area contributed by atoms with E-state index in [0.29, 0.717) is 17.0 Å². The molecule has 1 aliphatic carbocycles. The Kier molecular flexibility index (Phi) is 4.19. The molecule has 2 rings (SSSR count). The number of nitro benzene ring substituents is 1. The average molecular weight is 328 g/mol. The molecule has 19 heavy (non-hydrogen) atoms. The van der Waals surface area contributed by atoms with E-state index in [2.05, 4.69) is 15.9 Å². The van der Waals surface area contributed by atoms with Crippen LogP contribution in [0.15, 0.2) is 16.6 Å². The van der Waals surface area contributed by atoms with Crippen LogP contribution in [0.1, 0.15) is 36.5 Å². The number of nitro groups is 1. The average Bonchev–Trinajstić information content (AvgIpc) is 2.27. The second-order valence-electron chi connectivity index (χ2n) is 4.72. The lowest BCUT2D eigenvalue weighted by molar-refractivity contribution is -0.386. The van der Waals surface area contributed by atoms with Gasteiger partial charge in [0, 0.05) is 10.5 Å². The van der Waals surface area contributed by atoms with E-state index in [1.165, 1.54) is 19.4 Å². The van der Waals surface area contributed by atoms with Crippen molar-refractivity contribution in [1.29, 1.82) is 0 Å². The van der Waals surface area contributed by atoms with Crippen molar-refractivity contribution in [3.8, 4) is 5.75 Å². The van der Waals surface area contributed by atoms with Gasteiger partial charge in [0.05, 0.1) is 17.1 Å². The molecular formula is C13H14BrNO4. The molecule has 0 aromatic heterocycles. The standard InChI is InChI=1S/C13H14BrNO4/c1-8(16)11-5-10(14)6-12(15(17)18)13(11)19-7-9-3-2-4-9/h5-6,9H,2-4,7H2,1H3. The number of nitrogens with zero attached hydrogens (tertiary/aromatic N) is 1. The van der Waals surface area contributed by atoms with Gasteiger partial charge in [-0.1, -0.05) is 22.4 Å². The lowest BCUT2D eigenvalue weighted by Crippen LogP contribution is -2.20. The lowest BCUT2D eigenvalue weighted by Gasteiger charge is -2.25. The van der Waals surface area contributed by atoms with E-state index in [1.807, 2.05) is 0 Å². The molecule has 0 amide bonds. The molecule has 6 heteroatoms. The summed E-state index contributed by atoms with van der Waals surface area (Å²) in [5, 5.41) is 11.1. The van der Waals surface area contributed by atoms with E-state index < -0.39 is 4.92 Å². The van der Waals surface area contributed by atoms with Gasteiger partial charge in [0.25, 0.3) is 0 Å². The van der Waals surface area contributed by atoms with Crippen LogP contribution in [0, 0.1) is 16.0 Å². The first-order valence-electron chi connectivity index (χ1n) is 6.10. The fraction of sp³-hybridized carbons (Fsp3) is 0.462. The molecule has 0 aliphatic heterocycles. The number of hydrogen-bond acceptors (Lipinski definition) is 4. The predicted molar refractivity (Wildman–Crippen MR) is 73.6 cm³/mol. The molecule has 1 aromatic rings. The van der Waals surface area contributed by atoms with Crippen LogP contribution in [0.25, 0.3) is 0 Å². The Labute approximate surface area is 119 Å². The zero-order valence-electron chi connectivity index (χ0n) is 10.5. The van der Waals surface area contributed by atoms with Crippen molar-refractivity contribution < 1.29 is 14.5 Å². The fourth-order valence-corrected chi connectivity index (χ4v) is 2.43. The van der Waals surface area contributed by atoms with Gasteiger partial charge in [-0.05, 0) is 31.7 Å². The minimum Gasteiger partial charge on any atom is -0.486 e. The Hall–Kier alpha value is -1.43. The summed E-state index contributed by atoms with van der Waals surface area (Å²) in [6, 6.07) is 2.92. The number of rotatable bonds is 5. The Balaban J connectivity index is 2.34. The SMILES string of the molecule is CC(=O)c1cc(Br)cc([N+](=O)[O-])c1OCC1CCC1. The van der Waals surface area contributed by atoms with Crippen LogP contribution < -0.4 is 4.74 Å². The van der Waals surface area contributed by atoms with Gasteiger partial charge in [0.1, 0.15) is 0 Å². The molecule has 1 aliphatic rings. The number of carbonyl (C=O) groups is 1. The van der Waals surface area contributed by atoms with E-state index in [9.17, 15) is 14.9 Å². The monoisotopic (exact) mass is 327 g/mol. The topological polar surface area (TPSA) is 69.4 Å². The molecule has 0 saturated heterocycles. The molecule has 5 nitrogen and oxygen atoms in total. The van der Waals surface area contributed by atoms with Crippen molar-refractivity contribution in [3.63, 3.8) is 0 Å². The minimum atomic E-state index is -0.521. The van der Waals surface area contributed by atoms with Crippen LogP contribution in [-0.2, 0) is 0 Å². The van der Waals surface area contributed by atoms with E-state index in [4.69, 9.17) is 4.74 Å². The molecule has 1 aromatic carbocycles. The Morgan fingerprint density at radius 3 is 2.68 bits per heavy atom. The van der Waals surface area contributed by atoms with Gasteiger partial charge in [-0.15, -0.1) is 0 Å². The molecule has 0 spiro atoms. The number of ketones is 1. The number of ether oxygens (including phenoxy) is 1. The van der Waals surface area contributed by atoms with Crippen LogP contribution in [-0.4, -0.2) is 17.3 Å². The maximum Gasteiger partial charge on any atom is 0.312 e. The summed E-state index contributed by atoms with van der Waals surface area (Å²) in [7, 11) is 0.